The summed E-state index contributed by atoms with van der Waals surface area (Å²) in [6, 6.07) is 15.1. The quantitative estimate of drug-likeness (QED) is 0.467. The normalized spacial score (nSPS) is 15.5. The van der Waals surface area contributed by atoms with E-state index in [0.29, 0.717) is 11.3 Å². The number of aromatic nitrogens is 1. The van der Waals surface area contributed by atoms with Gasteiger partial charge in [-0.25, -0.2) is 9.69 Å². The highest BCUT2D eigenvalue weighted by Gasteiger charge is 2.36. The summed E-state index contributed by atoms with van der Waals surface area (Å²) in [5.41, 5.74) is 1.79. The highest BCUT2D eigenvalue weighted by Crippen LogP contribution is 2.24. The summed E-state index contributed by atoms with van der Waals surface area (Å²) in [6.45, 7) is 0. The molecule has 8 heteroatoms. The van der Waals surface area contributed by atoms with Crippen LogP contribution in [0.4, 0.5) is 10.5 Å². The SMILES string of the molecule is COc1ccc(-n2ccc(/C=C3/C(=O)NC(=O)N(c4ccc(Br)cc4)C3=O)c2)cc1. The molecule has 1 aliphatic rings. The Morgan fingerprint density at radius 2 is 1.60 bits per heavy atom. The lowest BCUT2D eigenvalue weighted by Crippen LogP contribution is -2.54. The van der Waals surface area contributed by atoms with Gasteiger partial charge < -0.3 is 9.30 Å². The van der Waals surface area contributed by atoms with Crippen molar-refractivity contribution in [2.75, 3.05) is 12.0 Å². The lowest BCUT2D eigenvalue weighted by molar-refractivity contribution is -0.122. The van der Waals surface area contributed by atoms with Gasteiger partial charge in [0.1, 0.15) is 11.3 Å². The Labute approximate surface area is 180 Å². The van der Waals surface area contributed by atoms with Crippen LogP contribution in [0.3, 0.4) is 0 Å². The third-order valence-electron chi connectivity index (χ3n) is 4.58. The standard InChI is InChI=1S/C22H16BrN3O4/c1-30-18-8-6-16(7-9-18)25-11-10-14(13-25)12-19-20(27)24-22(29)26(21(19)28)17-4-2-15(23)3-5-17/h2-13H,1H3,(H,24,27,29)/b19-12-. The molecule has 0 aliphatic carbocycles. The van der Waals surface area contributed by atoms with Crippen LogP contribution in [0.5, 0.6) is 5.75 Å². The van der Waals surface area contributed by atoms with Crippen LogP contribution in [-0.2, 0) is 9.59 Å². The third-order valence-corrected chi connectivity index (χ3v) is 5.11. The number of ether oxygens (including phenoxy) is 1. The predicted molar refractivity (Wildman–Crippen MR) is 115 cm³/mol. The Balaban J connectivity index is 1.64. The smallest absolute Gasteiger partial charge is 0.335 e. The number of rotatable bonds is 4. The van der Waals surface area contributed by atoms with E-state index >= 15 is 0 Å². The summed E-state index contributed by atoms with van der Waals surface area (Å²) >= 11 is 3.32. The number of imide groups is 2. The van der Waals surface area contributed by atoms with Crippen LogP contribution in [0.15, 0.2) is 77.0 Å². The number of anilines is 1. The summed E-state index contributed by atoms with van der Waals surface area (Å²) in [7, 11) is 1.60. The number of carbonyl (C=O) groups is 3. The van der Waals surface area contributed by atoms with Gasteiger partial charge in [-0.1, -0.05) is 15.9 Å². The molecule has 4 amide bonds. The Morgan fingerprint density at radius 1 is 0.933 bits per heavy atom. The molecule has 0 atom stereocenters. The molecule has 1 aliphatic heterocycles. The van der Waals surface area contributed by atoms with Crippen molar-refractivity contribution in [1.29, 1.82) is 0 Å². The van der Waals surface area contributed by atoms with Crippen molar-refractivity contribution in [3.63, 3.8) is 0 Å². The first-order chi connectivity index (χ1) is 14.5. The molecule has 0 unspecified atom stereocenters. The van der Waals surface area contributed by atoms with Gasteiger partial charge in [-0.15, -0.1) is 0 Å². The van der Waals surface area contributed by atoms with E-state index in [-0.39, 0.29) is 5.57 Å². The van der Waals surface area contributed by atoms with Crippen LogP contribution >= 0.6 is 15.9 Å². The highest BCUT2D eigenvalue weighted by atomic mass is 79.9. The van der Waals surface area contributed by atoms with Crippen molar-refractivity contribution in [2.24, 2.45) is 0 Å². The van der Waals surface area contributed by atoms with Gasteiger partial charge in [-0.2, -0.15) is 0 Å². The maximum Gasteiger partial charge on any atom is 0.335 e. The molecule has 1 aromatic heterocycles. The first kappa shape index (κ1) is 19.7. The zero-order valence-corrected chi connectivity index (χ0v) is 17.4. The number of hydrogen-bond acceptors (Lipinski definition) is 4. The van der Waals surface area contributed by atoms with Crippen LogP contribution in [0, 0.1) is 0 Å². The van der Waals surface area contributed by atoms with Crippen LogP contribution < -0.4 is 15.0 Å². The van der Waals surface area contributed by atoms with E-state index in [1.54, 1.807) is 43.6 Å². The van der Waals surface area contributed by atoms with E-state index in [1.807, 2.05) is 35.0 Å². The lowest BCUT2D eigenvalue weighted by atomic mass is 10.1. The van der Waals surface area contributed by atoms with Crippen molar-refractivity contribution in [3.8, 4) is 11.4 Å². The monoisotopic (exact) mass is 465 g/mol. The summed E-state index contributed by atoms with van der Waals surface area (Å²) in [4.78, 5) is 38.5. The number of benzene rings is 2. The van der Waals surface area contributed by atoms with Crippen molar-refractivity contribution in [3.05, 3.63) is 82.6 Å². The first-order valence-electron chi connectivity index (χ1n) is 8.96. The van der Waals surface area contributed by atoms with Crippen molar-refractivity contribution < 1.29 is 19.1 Å². The van der Waals surface area contributed by atoms with Gasteiger partial charge in [0.05, 0.1) is 12.8 Å². The topological polar surface area (TPSA) is 80.6 Å². The Hall–Kier alpha value is -3.65. The van der Waals surface area contributed by atoms with E-state index in [0.717, 1.165) is 20.8 Å². The Bertz CT molecular complexity index is 1160. The molecule has 0 saturated carbocycles. The zero-order valence-electron chi connectivity index (χ0n) is 15.8. The van der Waals surface area contributed by atoms with Crippen molar-refractivity contribution >= 4 is 45.5 Å². The maximum absolute atomic E-state index is 12.9. The second-order valence-electron chi connectivity index (χ2n) is 6.48. The molecule has 3 aromatic rings. The molecular weight excluding hydrogens is 450 g/mol. The molecule has 1 N–H and O–H groups in total. The predicted octanol–water partition coefficient (Wildman–Crippen LogP) is 3.91. The fourth-order valence-electron chi connectivity index (χ4n) is 3.06. The van der Waals surface area contributed by atoms with Gasteiger partial charge in [0.15, 0.2) is 0 Å². The molecule has 30 heavy (non-hydrogen) atoms. The number of halogens is 1. The number of hydrogen-bond donors (Lipinski definition) is 1. The van der Waals surface area contributed by atoms with Gasteiger partial charge in [-0.05, 0) is 66.2 Å². The second-order valence-corrected chi connectivity index (χ2v) is 7.40. The van der Waals surface area contributed by atoms with E-state index in [9.17, 15) is 14.4 Å². The maximum atomic E-state index is 12.9. The van der Waals surface area contributed by atoms with Crippen molar-refractivity contribution in [1.82, 2.24) is 9.88 Å². The molecular formula is C22H16BrN3O4. The van der Waals surface area contributed by atoms with Gasteiger partial charge in [0, 0.05) is 22.6 Å². The first-order valence-corrected chi connectivity index (χ1v) is 9.75. The number of barbiturate groups is 1. The van der Waals surface area contributed by atoms with E-state index in [1.165, 1.54) is 6.08 Å². The van der Waals surface area contributed by atoms with Gasteiger partial charge in [0.2, 0.25) is 0 Å². The number of urea groups is 1. The average molecular weight is 466 g/mol. The Morgan fingerprint density at radius 3 is 2.27 bits per heavy atom. The molecule has 1 saturated heterocycles. The van der Waals surface area contributed by atoms with E-state index in [2.05, 4.69) is 21.2 Å². The number of methoxy groups -OCH3 is 1. The second kappa shape index (κ2) is 8.00. The molecule has 1 fully saturated rings. The highest BCUT2D eigenvalue weighted by molar-refractivity contribution is 9.10. The van der Waals surface area contributed by atoms with Crippen LogP contribution in [0.2, 0.25) is 0 Å². The molecule has 2 aromatic carbocycles. The van der Waals surface area contributed by atoms with Crippen molar-refractivity contribution in [2.45, 2.75) is 0 Å². The number of amides is 4. The summed E-state index contributed by atoms with van der Waals surface area (Å²) < 4.78 is 7.82. The van der Waals surface area contributed by atoms with Gasteiger partial charge >= 0.3 is 6.03 Å². The van der Waals surface area contributed by atoms with Crippen LogP contribution in [0.25, 0.3) is 11.8 Å². The molecule has 0 radical (unpaired) electrons. The average Bonchev–Trinajstić information content (AvgIpc) is 3.21. The minimum atomic E-state index is -0.778. The van der Waals surface area contributed by atoms with E-state index in [4.69, 9.17) is 4.74 Å². The fourth-order valence-corrected chi connectivity index (χ4v) is 3.33. The van der Waals surface area contributed by atoms with E-state index < -0.39 is 17.8 Å². The number of nitrogens with one attached hydrogen (secondary N) is 1. The molecule has 4 rings (SSSR count). The minimum Gasteiger partial charge on any atom is -0.497 e. The van der Waals surface area contributed by atoms with Crippen LogP contribution in [-0.4, -0.2) is 29.5 Å². The molecule has 0 spiro atoms. The molecule has 150 valence electrons. The largest absolute Gasteiger partial charge is 0.497 e. The summed E-state index contributed by atoms with van der Waals surface area (Å²) in [6.07, 6.45) is 5.07. The summed E-state index contributed by atoms with van der Waals surface area (Å²) in [5.74, 6) is -0.658. The molecule has 7 nitrogen and oxygen atoms in total. The van der Waals surface area contributed by atoms with Crippen LogP contribution in [0.1, 0.15) is 5.56 Å². The number of carbonyl (C=O) groups excluding carboxylic acids is 3. The van der Waals surface area contributed by atoms with Gasteiger partial charge in [-0.3, -0.25) is 14.9 Å². The summed E-state index contributed by atoms with van der Waals surface area (Å²) in [5, 5.41) is 2.22. The minimum absolute atomic E-state index is 0.120. The Kier molecular flexibility index (Phi) is 5.24. The fraction of sp³-hybridized carbons (Fsp3) is 0.0455. The molecule has 0 bridgehead atoms. The molecule has 2 heterocycles. The zero-order chi connectivity index (χ0) is 21.3. The third kappa shape index (κ3) is 3.77. The lowest BCUT2D eigenvalue weighted by Gasteiger charge is -2.26. The van der Waals surface area contributed by atoms with Gasteiger partial charge in [0.25, 0.3) is 11.8 Å². The number of nitrogens with zero attached hydrogens (tertiary/aromatic N) is 2.